The van der Waals surface area contributed by atoms with Crippen molar-refractivity contribution >= 4 is 6.29 Å². The zero-order valence-electron chi connectivity index (χ0n) is 19.6. The van der Waals surface area contributed by atoms with Gasteiger partial charge in [0.2, 0.25) is 0 Å². The summed E-state index contributed by atoms with van der Waals surface area (Å²) in [5.41, 5.74) is 0. The van der Waals surface area contributed by atoms with Crippen molar-refractivity contribution in [1.29, 1.82) is 0 Å². The van der Waals surface area contributed by atoms with Gasteiger partial charge in [0.15, 0.2) is 0 Å². The molecule has 1 nitrogen and oxygen atoms in total. The van der Waals surface area contributed by atoms with E-state index in [-0.39, 0.29) is 0 Å². The van der Waals surface area contributed by atoms with E-state index in [1.807, 2.05) is 0 Å². The van der Waals surface area contributed by atoms with Crippen LogP contribution in [0.25, 0.3) is 0 Å². The zero-order chi connectivity index (χ0) is 20.3. The Morgan fingerprint density at radius 3 is 1.34 bits per heavy atom. The summed E-state index contributed by atoms with van der Waals surface area (Å²) < 4.78 is 0. The predicted molar refractivity (Wildman–Crippen MR) is 125 cm³/mol. The van der Waals surface area contributed by atoms with Gasteiger partial charge in [-0.1, -0.05) is 96.8 Å². The topological polar surface area (TPSA) is 17.1 Å². The highest BCUT2D eigenvalue weighted by molar-refractivity contribution is 5.49. The highest BCUT2D eigenvalue weighted by Gasteiger charge is 2.30. The van der Waals surface area contributed by atoms with Crippen LogP contribution in [-0.2, 0) is 4.79 Å². The summed E-state index contributed by atoms with van der Waals surface area (Å²) >= 11 is 0. The Hall–Kier alpha value is -0.330. The van der Waals surface area contributed by atoms with Crippen LogP contribution < -0.4 is 0 Å². The third kappa shape index (κ3) is 8.02. The molecule has 0 saturated heterocycles. The predicted octanol–water partition coefficient (Wildman–Crippen LogP) is 8.75. The van der Waals surface area contributed by atoms with Gasteiger partial charge in [-0.3, -0.25) is 0 Å². The summed E-state index contributed by atoms with van der Waals surface area (Å²) in [6.45, 7) is 2.36. The molecule has 168 valence electrons. The number of hydrogen-bond acceptors (Lipinski definition) is 1. The number of aldehydes is 1. The largest absolute Gasteiger partial charge is 0.303 e. The first-order chi connectivity index (χ1) is 14.3. The quantitative estimate of drug-likeness (QED) is 0.249. The molecule has 0 N–H and O–H groups in total. The number of hydrogen-bond donors (Lipinski definition) is 0. The second kappa shape index (κ2) is 13.2. The van der Waals surface area contributed by atoms with E-state index in [0.29, 0.717) is 0 Å². The third-order valence-electron chi connectivity index (χ3n) is 9.28. The molecule has 0 aromatic heterocycles. The fourth-order valence-electron chi connectivity index (χ4n) is 7.28. The van der Waals surface area contributed by atoms with E-state index < -0.39 is 0 Å². The number of unbranched alkanes of at least 4 members (excludes halogenated alkanes) is 1. The minimum absolute atomic E-state index is 0.789. The molecule has 0 atom stereocenters. The maximum Gasteiger partial charge on any atom is 0.120 e. The molecule has 29 heavy (non-hydrogen) atoms. The van der Waals surface area contributed by atoms with Crippen LogP contribution in [0.3, 0.4) is 0 Å². The van der Waals surface area contributed by atoms with Crippen LogP contribution in [0.2, 0.25) is 0 Å². The summed E-state index contributed by atoms with van der Waals surface area (Å²) in [5, 5.41) is 0. The molecule has 0 radical (unpaired) electrons. The highest BCUT2D eigenvalue weighted by Crippen LogP contribution is 2.43. The van der Waals surface area contributed by atoms with Crippen LogP contribution in [0, 0.1) is 35.5 Å². The van der Waals surface area contributed by atoms with Crippen LogP contribution in [0.15, 0.2) is 0 Å². The summed E-state index contributed by atoms with van der Waals surface area (Å²) in [6.07, 6.45) is 29.9. The molecule has 0 amide bonds. The van der Waals surface area contributed by atoms with Crippen molar-refractivity contribution in [2.24, 2.45) is 35.5 Å². The Morgan fingerprint density at radius 1 is 0.552 bits per heavy atom. The normalized spacial score (nSPS) is 36.0. The zero-order valence-corrected chi connectivity index (χ0v) is 19.6. The van der Waals surface area contributed by atoms with Crippen LogP contribution in [0.1, 0.15) is 135 Å². The Balaban J connectivity index is 1.20. The number of rotatable bonds is 11. The van der Waals surface area contributed by atoms with Gasteiger partial charge in [0.25, 0.3) is 0 Å². The van der Waals surface area contributed by atoms with E-state index in [0.717, 1.165) is 54.6 Å². The molecule has 0 unspecified atom stereocenters. The van der Waals surface area contributed by atoms with E-state index in [1.54, 1.807) is 38.5 Å². The number of carbonyl (C=O) groups excluding carboxylic acids is 1. The lowest BCUT2D eigenvalue weighted by molar-refractivity contribution is -0.108. The van der Waals surface area contributed by atoms with E-state index in [4.69, 9.17) is 0 Å². The second-order valence-corrected chi connectivity index (χ2v) is 11.3. The molecule has 3 fully saturated rings. The number of carbonyl (C=O) groups is 1. The Morgan fingerprint density at radius 2 is 0.931 bits per heavy atom. The van der Waals surface area contributed by atoms with Crippen molar-refractivity contribution in [2.75, 3.05) is 0 Å². The van der Waals surface area contributed by atoms with Crippen molar-refractivity contribution in [1.82, 2.24) is 0 Å². The second-order valence-electron chi connectivity index (χ2n) is 11.3. The third-order valence-corrected chi connectivity index (χ3v) is 9.28. The van der Waals surface area contributed by atoms with Gasteiger partial charge in [0.1, 0.15) is 6.29 Å². The van der Waals surface area contributed by atoms with E-state index in [2.05, 4.69) is 6.92 Å². The van der Waals surface area contributed by atoms with Gasteiger partial charge in [-0.15, -0.1) is 0 Å². The van der Waals surface area contributed by atoms with E-state index in [9.17, 15) is 4.79 Å². The molecule has 0 spiro atoms. The van der Waals surface area contributed by atoms with Gasteiger partial charge in [-0.05, 0) is 67.6 Å². The van der Waals surface area contributed by atoms with Crippen molar-refractivity contribution in [2.45, 2.75) is 135 Å². The maximum atomic E-state index is 10.5. The fourth-order valence-corrected chi connectivity index (χ4v) is 7.28. The fraction of sp³-hybridized carbons (Fsp3) is 0.964. The molecule has 0 aromatic carbocycles. The molecular weight excluding hydrogens is 352 g/mol. The monoisotopic (exact) mass is 402 g/mol. The van der Waals surface area contributed by atoms with Gasteiger partial charge < -0.3 is 4.79 Å². The van der Waals surface area contributed by atoms with Crippen LogP contribution in [-0.4, -0.2) is 6.29 Å². The highest BCUT2D eigenvalue weighted by atomic mass is 16.1. The molecule has 0 heterocycles. The summed E-state index contributed by atoms with van der Waals surface area (Å²) in [7, 11) is 0. The van der Waals surface area contributed by atoms with Gasteiger partial charge in [0.05, 0.1) is 0 Å². The first-order valence-corrected chi connectivity index (χ1v) is 13.7. The van der Waals surface area contributed by atoms with Crippen LogP contribution in [0.5, 0.6) is 0 Å². The van der Waals surface area contributed by atoms with Crippen molar-refractivity contribution < 1.29 is 4.79 Å². The molecule has 3 aliphatic rings. The molecule has 0 bridgehead atoms. The molecule has 0 aromatic rings. The maximum absolute atomic E-state index is 10.5. The van der Waals surface area contributed by atoms with Gasteiger partial charge >= 0.3 is 0 Å². The van der Waals surface area contributed by atoms with Crippen molar-refractivity contribution in [3.8, 4) is 0 Å². The molecule has 0 aliphatic heterocycles. The van der Waals surface area contributed by atoms with Crippen LogP contribution >= 0.6 is 0 Å². The summed E-state index contributed by atoms with van der Waals surface area (Å²) in [5.74, 6) is 6.16. The van der Waals surface area contributed by atoms with Crippen molar-refractivity contribution in [3.63, 3.8) is 0 Å². The molecular formula is C28H50O. The lowest BCUT2D eigenvalue weighted by Crippen LogP contribution is -2.25. The summed E-state index contributed by atoms with van der Waals surface area (Å²) in [4.78, 5) is 10.5. The SMILES string of the molecule is CCC[C@H]1CC[C@H]([C@H]2CC[C@H](CCCCC3CCC(CCC=O)CC3)CC2)CC1. The lowest BCUT2D eigenvalue weighted by atomic mass is 9.68. The van der Waals surface area contributed by atoms with Crippen LogP contribution in [0.4, 0.5) is 0 Å². The minimum atomic E-state index is 0.789. The Bertz CT molecular complexity index is 420. The molecule has 1 heteroatoms. The first-order valence-electron chi connectivity index (χ1n) is 13.7. The first kappa shape index (κ1) is 23.3. The molecule has 3 rings (SSSR count). The van der Waals surface area contributed by atoms with Crippen molar-refractivity contribution in [3.05, 3.63) is 0 Å². The molecule has 3 aliphatic carbocycles. The lowest BCUT2D eigenvalue weighted by Gasteiger charge is -2.38. The van der Waals surface area contributed by atoms with Gasteiger partial charge in [0, 0.05) is 6.42 Å². The average molecular weight is 403 g/mol. The standard InChI is InChI=1S/C28H50O/c1-2-6-23-14-18-27(19-15-23)28-20-16-25(17-21-28)8-4-3-7-24-10-12-26(13-11-24)9-5-22-29/h22-28H,2-21H2,1H3/t23-,24?,25-,26?,27-,28-. The van der Waals surface area contributed by atoms with Gasteiger partial charge in [-0.25, -0.2) is 0 Å². The van der Waals surface area contributed by atoms with E-state index in [1.165, 1.54) is 77.0 Å². The molecule has 3 saturated carbocycles. The Labute approximate surface area is 182 Å². The smallest absolute Gasteiger partial charge is 0.120 e. The summed E-state index contributed by atoms with van der Waals surface area (Å²) in [6, 6.07) is 0. The van der Waals surface area contributed by atoms with E-state index >= 15 is 0 Å². The minimum Gasteiger partial charge on any atom is -0.303 e. The van der Waals surface area contributed by atoms with Gasteiger partial charge in [-0.2, -0.15) is 0 Å². The Kier molecular flexibility index (Phi) is 10.6. The average Bonchev–Trinajstić information content (AvgIpc) is 2.77.